The fraction of sp³-hybridized carbons (Fsp3) is 0.556. The summed E-state index contributed by atoms with van der Waals surface area (Å²) < 4.78 is 0. The first kappa shape index (κ1) is 16.1. The van der Waals surface area contributed by atoms with Crippen LogP contribution in [0.15, 0.2) is 36.4 Å². The van der Waals surface area contributed by atoms with Gasteiger partial charge in [-0.15, -0.1) is 0 Å². The molecule has 1 fully saturated rings. The molecule has 1 aliphatic carbocycles. The zero-order chi connectivity index (χ0) is 16.1. The zero-order valence-corrected chi connectivity index (χ0v) is 13.6. The molecule has 0 spiro atoms. The Balaban J connectivity index is 1.49. The first-order valence-electron chi connectivity index (χ1n) is 8.54. The van der Waals surface area contributed by atoms with Crippen molar-refractivity contribution in [3.8, 4) is 0 Å². The summed E-state index contributed by atoms with van der Waals surface area (Å²) in [4.78, 5) is 15.7. The van der Waals surface area contributed by atoms with Gasteiger partial charge in [0, 0.05) is 50.9 Å². The highest BCUT2D eigenvalue weighted by Crippen LogP contribution is 2.22. The Hall–Kier alpha value is -1.72. The standard InChI is InChI=1S/C18H25N3O2/c22-21(23)18-9-5-4-8-17(18)15-20-12-10-19(11-13-20)14-16-6-2-1-3-7-16/h1-2,4-5,8-9,16H,3,6-7,10-15H2. The maximum atomic E-state index is 11.1. The molecule has 1 aromatic carbocycles. The number of nitrogens with zero attached hydrogens (tertiary/aromatic N) is 3. The second-order valence-corrected chi connectivity index (χ2v) is 6.61. The molecule has 0 saturated carbocycles. The summed E-state index contributed by atoms with van der Waals surface area (Å²) in [5, 5.41) is 11.1. The summed E-state index contributed by atoms with van der Waals surface area (Å²) in [7, 11) is 0. The first-order valence-corrected chi connectivity index (χ1v) is 8.54. The van der Waals surface area contributed by atoms with Crippen LogP contribution in [-0.2, 0) is 6.54 Å². The minimum Gasteiger partial charge on any atom is -0.301 e. The highest BCUT2D eigenvalue weighted by molar-refractivity contribution is 5.39. The fourth-order valence-corrected chi connectivity index (χ4v) is 3.58. The van der Waals surface area contributed by atoms with Crippen molar-refractivity contribution in [2.24, 2.45) is 5.92 Å². The number of rotatable bonds is 5. The van der Waals surface area contributed by atoms with Crippen molar-refractivity contribution in [2.45, 2.75) is 25.8 Å². The van der Waals surface area contributed by atoms with Crippen molar-refractivity contribution >= 4 is 5.69 Å². The van der Waals surface area contributed by atoms with E-state index in [0.717, 1.165) is 37.7 Å². The third-order valence-electron chi connectivity index (χ3n) is 4.94. The third kappa shape index (κ3) is 4.39. The molecule has 0 N–H and O–H groups in total. The van der Waals surface area contributed by atoms with Gasteiger partial charge in [0.05, 0.1) is 4.92 Å². The van der Waals surface area contributed by atoms with Crippen LogP contribution >= 0.6 is 0 Å². The van der Waals surface area contributed by atoms with E-state index < -0.39 is 0 Å². The topological polar surface area (TPSA) is 49.6 Å². The average Bonchev–Trinajstić information content (AvgIpc) is 2.58. The molecule has 1 heterocycles. The van der Waals surface area contributed by atoms with Gasteiger partial charge in [-0.05, 0) is 25.2 Å². The number of nitro benzene ring substituents is 1. The van der Waals surface area contributed by atoms with Gasteiger partial charge in [-0.2, -0.15) is 0 Å². The van der Waals surface area contributed by atoms with Gasteiger partial charge in [-0.25, -0.2) is 0 Å². The lowest BCUT2D eigenvalue weighted by Crippen LogP contribution is -2.47. The molecule has 1 atom stereocenters. The molecule has 0 bridgehead atoms. The molecular formula is C18H25N3O2. The molecule has 3 rings (SSSR count). The van der Waals surface area contributed by atoms with Gasteiger partial charge in [0.1, 0.15) is 0 Å². The summed E-state index contributed by atoms with van der Waals surface area (Å²) in [5.74, 6) is 0.807. The van der Waals surface area contributed by atoms with E-state index in [9.17, 15) is 10.1 Å². The van der Waals surface area contributed by atoms with Crippen LogP contribution in [0, 0.1) is 16.0 Å². The van der Waals surface area contributed by atoms with E-state index in [1.165, 1.54) is 25.8 Å². The van der Waals surface area contributed by atoms with Crippen molar-refractivity contribution in [1.29, 1.82) is 0 Å². The molecular weight excluding hydrogens is 290 g/mol. The van der Waals surface area contributed by atoms with Crippen LogP contribution in [0.4, 0.5) is 5.69 Å². The second-order valence-electron chi connectivity index (χ2n) is 6.61. The normalized spacial score (nSPS) is 23.0. The van der Waals surface area contributed by atoms with Gasteiger partial charge in [-0.3, -0.25) is 15.0 Å². The van der Waals surface area contributed by atoms with Crippen LogP contribution in [0.5, 0.6) is 0 Å². The lowest BCUT2D eigenvalue weighted by Gasteiger charge is -2.36. The van der Waals surface area contributed by atoms with Crippen LogP contribution in [0.25, 0.3) is 0 Å². The molecule has 2 aliphatic rings. The van der Waals surface area contributed by atoms with Crippen molar-refractivity contribution < 1.29 is 4.92 Å². The molecule has 1 aliphatic heterocycles. The lowest BCUT2D eigenvalue weighted by molar-refractivity contribution is -0.385. The number of benzene rings is 1. The van der Waals surface area contributed by atoms with Gasteiger partial charge in [-0.1, -0.05) is 30.4 Å². The van der Waals surface area contributed by atoms with E-state index >= 15 is 0 Å². The van der Waals surface area contributed by atoms with E-state index in [-0.39, 0.29) is 10.6 Å². The Morgan fingerprint density at radius 3 is 2.52 bits per heavy atom. The van der Waals surface area contributed by atoms with Gasteiger partial charge < -0.3 is 4.90 Å². The number of allylic oxidation sites excluding steroid dienone is 2. The van der Waals surface area contributed by atoms with Crippen molar-refractivity contribution in [3.05, 3.63) is 52.1 Å². The highest BCUT2D eigenvalue weighted by Gasteiger charge is 2.22. The van der Waals surface area contributed by atoms with Crippen LogP contribution in [-0.4, -0.2) is 47.4 Å². The fourth-order valence-electron chi connectivity index (χ4n) is 3.58. The van der Waals surface area contributed by atoms with E-state index in [1.807, 2.05) is 12.1 Å². The predicted molar refractivity (Wildman–Crippen MR) is 91.3 cm³/mol. The second kappa shape index (κ2) is 7.70. The van der Waals surface area contributed by atoms with Crippen LogP contribution in [0.3, 0.4) is 0 Å². The molecule has 124 valence electrons. The molecule has 1 unspecified atom stereocenters. The first-order chi connectivity index (χ1) is 11.2. The van der Waals surface area contributed by atoms with E-state index in [2.05, 4.69) is 22.0 Å². The maximum absolute atomic E-state index is 11.1. The monoisotopic (exact) mass is 315 g/mol. The summed E-state index contributed by atoms with van der Waals surface area (Å²) in [5.41, 5.74) is 1.06. The number of hydrogen-bond donors (Lipinski definition) is 0. The predicted octanol–water partition coefficient (Wildman–Crippen LogP) is 3.07. The van der Waals surface area contributed by atoms with Crippen LogP contribution < -0.4 is 0 Å². The molecule has 23 heavy (non-hydrogen) atoms. The molecule has 0 aromatic heterocycles. The SMILES string of the molecule is O=[N+]([O-])c1ccccc1CN1CCN(CC2CC=CCC2)CC1. The van der Waals surface area contributed by atoms with Gasteiger partial charge >= 0.3 is 0 Å². The van der Waals surface area contributed by atoms with Crippen LogP contribution in [0.1, 0.15) is 24.8 Å². The summed E-state index contributed by atoms with van der Waals surface area (Å²) in [6, 6.07) is 7.09. The Bertz CT molecular complexity index is 565. The molecule has 0 radical (unpaired) electrons. The molecule has 5 nitrogen and oxygen atoms in total. The van der Waals surface area contributed by atoms with Crippen molar-refractivity contribution in [2.75, 3.05) is 32.7 Å². The van der Waals surface area contributed by atoms with E-state index in [0.29, 0.717) is 6.54 Å². The number of piperazine rings is 1. The van der Waals surface area contributed by atoms with Gasteiger partial charge in [0.2, 0.25) is 0 Å². The Morgan fingerprint density at radius 1 is 1.09 bits per heavy atom. The lowest BCUT2D eigenvalue weighted by atomic mass is 9.94. The summed E-state index contributed by atoms with van der Waals surface area (Å²) in [6.07, 6.45) is 8.37. The third-order valence-corrected chi connectivity index (χ3v) is 4.94. The quantitative estimate of drug-likeness (QED) is 0.476. The molecule has 1 aromatic rings. The number of hydrogen-bond acceptors (Lipinski definition) is 4. The minimum atomic E-state index is -0.276. The minimum absolute atomic E-state index is 0.240. The average molecular weight is 315 g/mol. The molecule has 0 amide bonds. The molecule has 5 heteroatoms. The Morgan fingerprint density at radius 2 is 1.83 bits per heavy atom. The maximum Gasteiger partial charge on any atom is 0.273 e. The van der Waals surface area contributed by atoms with E-state index in [1.54, 1.807) is 12.1 Å². The number of nitro groups is 1. The number of para-hydroxylation sites is 1. The van der Waals surface area contributed by atoms with Crippen molar-refractivity contribution in [1.82, 2.24) is 9.80 Å². The van der Waals surface area contributed by atoms with Gasteiger partial charge in [0.25, 0.3) is 5.69 Å². The zero-order valence-electron chi connectivity index (χ0n) is 13.6. The van der Waals surface area contributed by atoms with Crippen molar-refractivity contribution in [3.63, 3.8) is 0 Å². The molecule has 1 saturated heterocycles. The Labute approximate surface area is 137 Å². The van der Waals surface area contributed by atoms with Gasteiger partial charge in [0.15, 0.2) is 0 Å². The summed E-state index contributed by atoms with van der Waals surface area (Å²) >= 11 is 0. The highest BCUT2D eigenvalue weighted by atomic mass is 16.6. The smallest absolute Gasteiger partial charge is 0.273 e. The summed E-state index contributed by atoms with van der Waals surface area (Å²) in [6.45, 7) is 6.01. The largest absolute Gasteiger partial charge is 0.301 e. The van der Waals surface area contributed by atoms with Crippen LogP contribution in [0.2, 0.25) is 0 Å². The Kier molecular flexibility index (Phi) is 5.41. The van der Waals surface area contributed by atoms with E-state index in [4.69, 9.17) is 0 Å².